The van der Waals surface area contributed by atoms with Gasteiger partial charge >= 0.3 is 0 Å². The number of amides is 1. The van der Waals surface area contributed by atoms with Crippen LogP contribution in [0.3, 0.4) is 0 Å². The molecule has 5 nitrogen and oxygen atoms in total. The SMILES string of the molecule is O=C(CON=Cc1ccccc1)Nc1sc2c(c1C(=O)c1ccccc1)CCCC2. The largest absolute Gasteiger partial charge is 0.386 e. The van der Waals surface area contributed by atoms with Crippen molar-refractivity contribution in [3.8, 4) is 0 Å². The summed E-state index contributed by atoms with van der Waals surface area (Å²) in [7, 11) is 0. The van der Waals surface area contributed by atoms with Crippen molar-refractivity contribution in [2.24, 2.45) is 5.16 Å². The van der Waals surface area contributed by atoms with E-state index in [4.69, 9.17) is 4.84 Å². The summed E-state index contributed by atoms with van der Waals surface area (Å²) in [5.74, 6) is -0.380. The normalized spacial score (nSPS) is 13.1. The molecule has 0 aliphatic heterocycles. The predicted octanol–water partition coefficient (Wildman–Crippen LogP) is 4.85. The highest BCUT2D eigenvalue weighted by Gasteiger charge is 2.27. The lowest BCUT2D eigenvalue weighted by atomic mass is 9.92. The third-order valence-corrected chi connectivity index (χ3v) is 6.17. The number of hydrogen-bond acceptors (Lipinski definition) is 5. The Hall–Kier alpha value is -3.25. The third kappa shape index (κ3) is 4.66. The monoisotopic (exact) mass is 418 g/mol. The zero-order valence-corrected chi connectivity index (χ0v) is 17.3. The summed E-state index contributed by atoms with van der Waals surface area (Å²) in [5.41, 5.74) is 3.22. The summed E-state index contributed by atoms with van der Waals surface area (Å²) in [4.78, 5) is 32.0. The quantitative estimate of drug-likeness (QED) is 0.339. The zero-order valence-electron chi connectivity index (χ0n) is 16.5. The molecule has 3 aromatic rings. The number of fused-ring (bicyclic) bond motifs is 1. The molecule has 0 spiro atoms. The molecule has 1 amide bonds. The average Bonchev–Trinajstić information content (AvgIpc) is 3.15. The number of ketones is 1. The Balaban J connectivity index is 1.48. The van der Waals surface area contributed by atoms with Gasteiger partial charge in [0, 0.05) is 10.4 Å². The minimum Gasteiger partial charge on any atom is -0.386 e. The summed E-state index contributed by atoms with van der Waals surface area (Å²) < 4.78 is 0. The van der Waals surface area contributed by atoms with Crippen molar-refractivity contribution >= 4 is 34.2 Å². The molecule has 1 aromatic heterocycles. The second kappa shape index (κ2) is 9.50. The number of thiophene rings is 1. The Bertz CT molecular complexity index is 1060. The Labute approximate surface area is 179 Å². The molecule has 0 bridgehead atoms. The van der Waals surface area contributed by atoms with Gasteiger partial charge in [-0.15, -0.1) is 11.3 Å². The topological polar surface area (TPSA) is 67.8 Å². The van der Waals surface area contributed by atoms with Crippen LogP contribution in [0.2, 0.25) is 0 Å². The van der Waals surface area contributed by atoms with Gasteiger partial charge in [-0.25, -0.2) is 0 Å². The number of benzene rings is 2. The number of nitrogens with one attached hydrogen (secondary N) is 1. The molecular weight excluding hydrogens is 396 g/mol. The van der Waals surface area contributed by atoms with Gasteiger partial charge in [0.25, 0.3) is 5.91 Å². The van der Waals surface area contributed by atoms with Crippen LogP contribution in [-0.2, 0) is 22.5 Å². The molecule has 0 radical (unpaired) electrons. The van der Waals surface area contributed by atoms with Crippen LogP contribution in [0.25, 0.3) is 0 Å². The maximum absolute atomic E-state index is 13.2. The first kappa shape index (κ1) is 20.0. The first-order valence-corrected chi connectivity index (χ1v) is 10.8. The highest BCUT2D eigenvalue weighted by Crippen LogP contribution is 2.39. The van der Waals surface area contributed by atoms with Gasteiger partial charge in [-0.2, -0.15) is 0 Å². The summed E-state index contributed by atoms with van der Waals surface area (Å²) in [6, 6.07) is 18.7. The lowest BCUT2D eigenvalue weighted by molar-refractivity contribution is -0.120. The van der Waals surface area contributed by atoms with Crippen LogP contribution >= 0.6 is 11.3 Å². The molecular formula is C24H22N2O3S. The van der Waals surface area contributed by atoms with E-state index in [0.717, 1.165) is 36.8 Å². The Morgan fingerprint density at radius 3 is 2.47 bits per heavy atom. The number of hydrogen-bond donors (Lipinski definition) is 1. The first-order valence-electron chi connectivity index (χ1n) is 9.97. The smallest absolute Gasteiger partial charge is 0.265 e. The van der Waals surface area contributed by atoms with Crippen molar-refractivity contribution in [2.45, 2.75) is 25.7 Å². The zero-order chi connectivity index (χ0) is 20.8. The lowest BCUT2D eigenvalue weighted by Crippen LogP contribution is -2.18. The van der Waals surface area contributed by atoms with E-state index in [1.54, 1.807) is 6.21 Å². The van der Waals surface area contributed by atoms with Crippen LogP contribution < -0.4 is 5.32 Å². The second-order valence-corrected chi connectivity index (χ2v) is 8.18. The molecule has 0 fully saturated rings. The van der Waals surface area contributed by atoms with Crippen LogP contribution in [0.5, 0.6) is 0 Å². The van der Waals surface area contributed by atoms with E-state index in [0.29, 0.717) is 16.1 Å². The van der Waals surface area contributed by atoms with Crippen LogP contribution in [0.4, 0.5) is 5.00 Å². The summed E-state index contributed by atoms with van der Waals surface area (Å²) >= 11 is 1.50. The van der Waals surface area contributed by atoms with Crippen molar-refractivity contribution in [1.29, 1.82) is 0 Å². The highest BCUT2D eigenvalue weighted by atomic mass is 32.1. The second-order valence-electron chi connectivity index (χ2n) is 7.08. The molecule has 152 valence electrons. The maximum atomic E-state index is 13.2. The van der Waals surface area contributed by atoms with Gasteiger partial charge in [0.15, 0.2) is 12.4 Å². The van der Waals surface area contributed by atoms with Crippen molar-refractivity contribution in [1.82, 2.24) is 0 Å². The van der Waals surface area contributed by atoms with Gasteiger partial charge in [0.05, 0.1) is 11.8 Å². The molecule has 0 unspecified atom stereocenters. The van der Waals surface area contributed by atoms with E-state index in [-0.39, 0.29) is 18.3 Å². The first-order chi connectivity index (χ1) is 14.7. The van der Waals surface area contributed by atoms with Crippen LogP contribution in [0.15, 0.2) is 65.8 Å². The van der Waals surface area contributed by atoms with E-state index in [1.165, 1.54) is 16.2 Å². The summed E-state index contributed by atoms with van der Waals surface area (Å²) in [6.07, 6.45) is 5.54. The average molecular weight is 419 g/mol. The lowest BCUT2D eigenvalue weighted by Gasteiger charge is -2.12. The van der Waals surface area contributed by atoms with Crippen LogP contribution in [0, 0.1) is 0 Å². The van der Waals surface area contributed by atoms with Gasteiger partial charge in [-0.1, -0.05) is 65.8 Å². The summed E-state index contributed by atoms with van der Waals surface area (Å²) in [6.45, 7) is -0.217. The summed E-state index contributed by atoms with van der Waals surface area (Å²) in [5, 5.41) is 7.33. The number of oxime groups is 1. The number of nitrogens with zero attached hydrogens (tertiary/aromatic N) is 1. The van der Waals surface area contributed by atoms with Crippen molar-refractivity contribution < 1.29 is 14.4 Å². The van der Waals surface area contributed by atoms with E-state index in [2.05, 4.69) is 10.5 Å². The Kier molecular flexibility index (Phi) is 6.35. The van der Waals surface area contributed by atoms with Gasteiger partial charge < -0.3 is 10.2 Å². The molecule has 0 atom stereocenters. The molecule has 0 saturated carbocycles. The maximum Gasteiger partial charge on any atom is 0.265 e. The molecule has 4 rings (SSSR count). The molecule has 1 aliphatic rings. The van der Waals surface area contributed by atoms with Gasteiger partial charge in [-0.05, 0) is 36.8 Å². The van der Waals surface area contributed by atoms with Gasteiger partial charge in [0.1, 0.15) is 5.00 Å². The number of aryl methyl sites for hydroxylation is 1. The van der Waals surface area contributed by atoms with Crippen LogP contribution in [0.1, 0.15) is 44.8 Å². The Morgan fingerprint density at radius 1 is 1.00 bits per heavy atom. The number of carbonyl (C=O) groups excluding carboxylic acids is 2. The standard InChI is InChI=1S/C24H22N2O3S/c27-21(16-29-25-15-17-9-3-1-4-10-17)26-24-22(19-13-7-8-14-20(19)30-24)23(28)18-11-5-2-6-12-18/h1-6,9-12,15H,7-8,13-14,16H2,(H,26,27). The van der Waals surface area contributed by atoms with E-state index in [9.17, 15) is 9.59 Å². The molecule has 0 saturated heterocycles. The highest BCUT2D eigenvalue weighted by molar-refractivity contribution is 7.17. The fourth-order valence-corrected chi connectivity index (χ4v) is 4.83. The third-order valence-electron chi connectivity index (χ3n) is 4.96. The molecule has 1 heterocycles. The van der Waals surface area contributed by atoms with Gasteiger partial charge in [0.2, 0.25) is 0 Å². The van der Waals surface area contributed by atoms with E-state index in [1.807, 2.05) is 60.7 Å². The van der Waals surface area contributed by atoms with E-state index >= 15 is 0 Å². The molecule has 2 aromatic carbocycles. The Morgan fingerprint density at radius 2 is 1.70 bits per heavy atom. The van der Waals surface area contributed by atoms with Crippen molar-refractivity contribution in [2.75, 3.05) is 11.9 Å². The molecule has 1 aliphatic carbocycles. The number of anilines is 1. The molecule has 6 heteroatoms. The van der Waals surface area contributed by atoms with Crippen molar-refractivity contribution in [3.05, 3.63) is 87.8 Å². The van der Waals surface area contributed by atoms with E-state index < -0.39 is 0 Å². The minimum absolute atomic E-state index is 0.0479. The van der Waals surface area contributed by atoms with Crippen LogP contribution in [-0.4, -0.2) is 24.5 Å². The molecule has 30 heavy (non-hydrogen) atoms. The molecule has 1 N–H and O–H groups in total. The number of carbonyl (C=O) groups is 2. The minimum atomic E-state index is -0.332. The van der Waals surface area contributed by atoms with Crippen molar-refractivity contribution in [3.63, 3.8) is 0 Å². The van der Waals surface area contributed by atoms with Gasteiger partial charge in [-0.3, -0.25) is 9.59 Å². The predicted molar refractivity (Wildman–Crippen MR) is 119 cm³/mol. The fourth-order valence-electron chi connectivity index (χ4n) is 3.52. The number of rotatable bonds is 7. The fraction of sp³-hybridized carbons (Fsp3) is 0.208.